The standard InChI is InChI=1S/C24H29NO6S/c1-4-29-23(27)20-16(3)21(24(28)31-18-8-6-5-7-9-18)32-22(20)25-19(26)14-30-17-12-10-15(2)11-13-17/h10-13,18H,4-9,14H2,1-3H3,(H,25,26). The van der Waals surface area contributed by atoms with Gasteiger partial charge in [-0.15, -0.1) is 11.3 Å². The van der Waals surface area contributed by atoms with Crippen molar-refractivity contribution in [2.75, 3.05) is 18.5 Å². The number of aryl methyl sites for hydroxylation is 1. The quantitative estimate of drug-likeness (QED) is 0.556. The van der Waals surface area contributed by atoms with Crippen molar-refractivity contribution in [1.82, 2.24) is 0 Å². The van der Waals surface area contributed by atoms with Crippen LogP contribution in [-0.4, -0.2) is 37.2 Å². The van der Waals surface area contributed by atoms with Crippen LogP contribution in [0.3, 0.4) is 0 Å². The molecule has 1 heterocycles. The summed E-state index contributed by atoms with van der Waals surface area (Å²) >= 11 is 1.03. The zero-order valence-electron chi connectivity index (χ0n) is 18.7. The van der Waals surface area contributed by atoms with Gasteiger partial charge in [-0.05, 0) is 64.2 Å². The van der Waals surface area contributed by atoms with Gasteiger partial charge in [-0.1, -0.05) is 24.1 Å². The molecule has 0 spiro atoms. The molecule has 0 aliphatic heterocycles. The van der Waals surface area contributed by atoms with Gasteiger partial charge in [-0.2, -0.15) is 0 Å². The highest BCUT2D eigenvalue weighted by Crippen LogP contribution is 2.35. The number of hydrogen-bond acceptors (Lipinski definition) is 7. The fourth-order valence-corrected chi connectivity index (χ4v) is 4.67. The van der Waals surface area contributed by atoms with Crippen molar-refractivity contribution >= 4 is 34.2 Å². The molecule has 1 saturated carbocycles. The minimum atomic E-state index is -0.590. The Morgan fingerprint density at radius 3 is 2.38 bits per heavy atom. The highest BCUT2D eigenvalue weighted by Gasteiger charge is 2.29. The Kier molecular flexibility index (Phi) is 8.27. The maximum atomic E-state index is 12.8. The smallest absolute Gasteiger partial charge is 0.348 e. The van der Waals surface area contributed by atoms with Crippen LogP contribution in [0.5, 0.6) is 5.75 Å². The van der Waals surface area contributed by atoms with Gasteiger partial charge < -0.3 is 19.5 Å². The van der Waals surface area contributed by atoms with Gasteiger partial charge in [-0.3, -0.25) is 4.79 Å². The number of thiophene rings is 1. The fourth-order valence-electron chi connectivity index (χ4n) is 3.58. The lowest BCUT2D eigenvalue weighted by Crippen LogP contribution is -2.21. The summed E-state index contributed by atoms with van der Waals surface area (Å²) in [4.78, 5) is 38.2. The summed E-state index contributed by atoms with van der Waals surface area (Å²) in [7, 11) is 0. The largest absolute Gasteiger partial charge is 0.484 e. The molecule has 1 aliphatic carbocycles. The summed E-state index contributed by atoms with van der Waals surface area (Å²) in [6, 6.07) is 7.33. The summed E-state index contributed by atoms with van der Waals surface area (Å²) in [5, 5.41) is 2.96. The molecule has 0 atom stereocenters. The van der Waals surface area contributed by atoms with E-state index in [1.54, 1.807) is 26.0 Å². The molecule has 3 rings (SSSR count). The van der Waals surface area contributed by atoms with Crippen molar-refractivity contribution in [3.63, 3.8) is 0 Å². The van der Waals surface area contributed by atoms with Crippen LogP contribution in [0.4, 0.5) is 5.00 Å². The second-order valence-electron chi connectivity index (χ2n) is 7.80. The fraction of sp³-hybridized carbons (Fsp3) is 0.458. The summed E-state index contributed by atoms with van der Waals surface area (Å²) in [5.41, 5.74) is 1.71. The predicted octanol–water partition coefficient (Wildman–Crippen LogP) is 5.05. The third-order valence-corrected chi connectivity index (χ3v) is 6.47. The molecule has 0 radical (unpaired) electrons. The van der Waals surface area contributed by atoms with Gasteiger partial charge in [0.05, 0.1) is 12.2 Å². The molecule has 1 N–H and O–H groups in total. The van der Waals surface area contributed by atoms with Gasteiger partial charge in [0.1, 0.15) is 21.7 Å². The van der Waals surface area contributed by atoms with Crippen LogP contribution in [0.15, 0.2) is 24.3 Å². The van der Waals surface area contributed by atoms with E-state index in [0.717, 1.165) is 49.0 Å². The Morgan fingerprint density at radius 2 is 1.72 bits per heavy atom. The Morgan fingerprint density at radius 1 is 1.03 bits per heavy atom. The Hall–Kier alpha value is -2.87. The Bertz CT molecular complexity index is 960. The number of amides is 1. The van der Waals surface area contributed by atoms with Crippen LogP contribution in [0.25, 0.3) is 0 Å². The first-order valence-electron chi connectivity index (χ1n) is 10.9. The summed E-state index contributed by atoms with van der Waals surface area (Å²) < 4.78 is 16.3. The Labute approximate surface area is 192 Å². The van der Waals surface area contributed by atoms with E-state index in [-0.39, 0.29) is 29.9 Å². The molecule has 1 amide bonds. The topological polar surface area (TPSA) is 90.9 Å². The first-order valence-corrected chi connectivity index (χ1v) is 11.7. The molecule has 172 valence electrons. The number of benzene rings is 1. The van der Waals surface area contributed by atoms with Gasteiger partial charge >= 0.3 is 11.9 Å². The van der Waals surface area contributed by atoms with Gasteiger partial charge in [0.25, 0.3) is 5.91 Å². The van der Waals surface area contributed by atoms with Crippen molar-refractivity contribution in [1.29, 1.82) is 0 Å². The molecule has 8 heteroatoms. The number of nitrogens with one attached hydrogen (secondary N) is 1. The van der Waals surface area contributed by atoms with E-state index in [2.05, 4.69) is 5.32 Å². The molecule has 0 bridgehead atoms. The van der Waals surface area contributed by atoms with Crippen LogP contribution in [0.2, 0.25) is 0 Å². The lowest BCUT2D eigenvalue weighted by molar-refractivity contribution is -0.118. The third kappa shape index (κ3) is 6.09. The van der Waals surface area contributed by atoms with E-state index in [4.69, 9.17) is 14.2 Å². The van der Waals surface area contributed by atoms with Crippen LogP contribution in [0, 0.1) is 13.8 Å². The molecule has 0 unspecified atom stereocenters. The summed E-state index contributed by atoms with van der Waals surface area (Å²) in [5.74, 6) is -0.936. The molecule has 2 aromatic rings. The predicted molar refractivity (Wildman–Crippen MR) is 123 cm³/mol. The van der Waals surface area contributed by atoms with Crippen molar-refractivity contribution in [2.24, 2.45) is 0 Å². The lowest BCUT2D eigenvalue weighted by atomic mass is 9.98. The van der Waals surface area contributed by atoms with E-state index in [1.165, 1.54) is 0 Å². The second kappa shape index (κ2) is 11.1. The van der Waals surface area contributed by atoms with Crippen LogP contribution >= 0.6 is 11.3 Å². The van der Waals surface area contributed by atoms with E-state index in [9.17, 15) is 14.4 Å². The summed E-state index contributed by atoms with van der Waals surface area (Å²) in [6.07, 6.45) is 4.82. The minimum Gasteiger partial charge on any atom is -0.484 e. The zero-order valence-corrected chi connectivity index (χ0v) is 19.5. The number of carbonyl (C=O) groups excluding carboxylic acids is 3. The SMILES string of the molecule is CCOC(=O)c1c(NC(=O)COc2ccc(C)cc2)sc(C(=O)OC2CCCCC2)c1C. The number of esters is 2. The molecular formula is C24H29NO6S. The van der Waals surface area contributed by atoms with E-state index >= 15 is 0 Å². The van der Waals surface area contributed by atoms with Gasteiger partial charge in [0, 0.05) is 0 Å². The van der Waals surface area contributed by atoms with Crippen molar-refractivity contribution in [2.45, 2.75) is 59.0 Å². The molecule has 1 fully saturated rings. The number of ether oxygens (including phenoxy) is 3. The molecule has 0 saturated heterocycles. The maximum Gasteiger partial charge on any atom is 0.348 e. The molecule has 1 aliphatic rings. The molecular weight excluding hydrogens is 430 g/mol. The molecule has 1 aromatic carbocycles. The average molecular weight is 460 g/mol. The Balaban J connectivity index is 1.74. The van der Waals surface area contributed by atoms with Crippen molar-refractivity contribution < 1.29 is 28.6 Å². The number of hydrogen-bond donors (Lipinski definition) is 1. The maximum absolute atomic E-state index is 12.8. The molecule has 32 heavy (non-hydrogen) atoms. The van der Waals surface area contributed by atoms with Crippen LogP contribution < -0.4 is 10.1 Å². The van der Waals surface area contributed by atoms with Gasteiger partial charge in [0.2, 0.25) is 0 Å². The monoisotopic (exact) mass is 459 g/mol. The van der Waals surface area contributed by atoms with Gasteiger partial charge in [-0.25, -0.2) is 9.59 Å². The molecule has 1 aromatic heterocycles. The normalized spacial score (nSPS) is 14.0. The minimum absolute atomic E-state index is 0.107. The summed E-state index contributed by atoms with van der Waals surface area (Å²) in [6.45, 7) is 5.28. The van der Waals surface area contributed by atoms with Gasteiger partial charge in [0.15, 0.2) is 6.61 Å². The second-order valence-corrected chi connectivity index (χ2v) is 8.82. The van der Waals surface area contributed by atoms with E-state index in [0.29, 0.717) is 16.2 Å². The number of rotatable bonds is 8. The third-order valence-electron chi connectivity index (χ3n) is 5.28. The van der Waals surface area contributed by atoms with Crippen molar-refractivity contribution in [3.05, 3.63) is 45.8 Å². The number of carbonyl (C=O) groups is 3. The number of anilines is 1. The van der Waals surface area contributed by atoms with Crippen LogP contribution in [-0.2, 0) is 14.3 Å². The van der Waals surface area contributed by atoms with Crippen molar-refractivity contribution in [3.8, 4) is 5.75 Å². The lowest BCUT2D eigenvalue weighted by Gasteiger charge is -2.21. The van der Waals surface area contributed by atoms with E-state index < -0.39 is 17.8 Å². The highest BCUT2D eigenvalue weighted by molar-refractivity contribution is 7.18. The van der Waals surface area contributed by atoms with Crippen LogP contribution in [0.1, 0.15) is 70.2 Å². The van der Waals surface area contributed by atoms with E-state index in [1.807, 2.05) is 19.1 Å². The zero-order chi connectivity index (χ0) is 23.1. The first kappa shape index (κ1) is 23.8. The average Bonchev–Trinajstić information content (AvgIpc) is 3.10. The molecule has 7 nitrogen and oxygen atoms in total. The highest BCUT2D eigenvalue weighted by atomic mass is 32.1. The first-order chi connectivity index (χ1) is 15.4.